The molecule has 1 aliphatic rings. The number of nitrogens with zero attached hydrogens (tertiary/aromatic N) is 1. The van der Waals surface area contributed by atoms with Crippen molar-refractivity contribution in [2.75, 3.05) is 26.3 Å². The maximum Gasteiger partial charge on any atom is 0.252 e. The van der Waals surface area contributed by atoms with E-state index in [4.69, 9.17) is 4.74 Å². The zero-order valence-electron chi connectivity index (χ0n) is 12.4. The van der Waals surface area contributed by atoms with Gasteiger partial charge < -0.3 is 10.1 Å². The summed E-state index contributed by atoms with van der Waals surface area (Å²) in [5.41, 5.74) is 1.77. The SMILES string of the molecule is O=C(NC(c1ccccc1)N1CCOCC1)c1ccccc1. The van der Waals surface area contributed by atoms with Crippen molar-refractivity contribution < 1.29 is 9.53 Å². The second kappa shape index (κ2) is 7.20. The van der Waals surface area contributed by atoms with E-state index in [1.807, 2.05) is 60.7 Å². The van der Waals surface area contributed by atoms with E-state index in [1.165, 1.54) is 0 Å². The molecule has 0 radical (unpaired) electrons. The first kappa shape index (κ1) is 14.8. The Morgan fingerprint density at radius 3 is 2.18 bits per heavy atom. The molecule has 1 heterocycles. The number of amides is 1. The van der Waals surface area contributed by atoms with E-state index in [1.54, 1.807) is 0 Å². The van der Waals surface area contributed by atoms with Crippen LogP contribution in [-0.2, 0) is 4.74 Å². The first-order valence-corrected chi connectivity index (χ1v) is 7.57. The van der Waals surface area contributed by atoms with Crippen LogP contribution >= 0.6 is 0 Å². The van der Waals surface area contributed by atoms with Gasteiger partial charge in [0.05, 0.1) is 13.2 Å². The molecule has 1 fully saturated rings. The molecular weight excluding hydrogens is 276 g/mol. The second-order valence-electron chi connectivity index (χ2n) is 5.30. The molecule has 4 nitrogen and oxygen atoms in total. The predicted molar refractivity (Wildman–Crippen MR) is 85.5 cm³/mol. The summed E-state index contributed by atoms with van der Waals surface area (Å²) in [4.78, 5) is 14.8. The average molecular weight is 296 g/mol. The van der Waals surface area contributed by atoms with E-state index >= 15 is 0 Å². The van der Waals surface area contributed by atoms with E-state index in [9.17, 15) is 4.79 Å². The Labute approximate surface area is 130 Å². The monoisotopic (exact) mass is 296 g/mol. The van der Waals surface area contributed by atoms with Gasteiger partial charge in [0.25, 0.3) is 5.91 Å². The number of hydrogen-bond acceptors (Lipinski definition) is 3. The molecule has 4 heteroatoms. The number of morpholine rings is 1. The lowest BCUT2D eigenvalue weighted by molar-refractivity contribution is 0.00847. The second-order valence-corrected chi connectivity index (χ2v) is 5.30. The molecule has 3 rings (SSSR count). The third kappa shape index (κ3) is 3.53. The number of carbonyl (C=O) groups is 1. The van der Waals surface area contributed by atoms with E-state index in [0.717, 1.165) is 18.7 Å². The van der Waals surface area contributed by atoms with Gasteiger partial charge in [-0.05, 0) is 17.7 Å². The largest absolute Gasteiger partial charge is 0.379 e. The van der Waals surface area contributed by atoms with E-state index in [-0.39, 0.29) is 12.1 Å². The molecule has 0 aromatic heterocycles. The van der Waals surface area contributed by atoms with Crippen LogP contribution in [0.15, 0.2) is 60.7 Å². The number of benzene rings is 2. The zero-order valence-corrected chi connectivity index (χ0v) is 12.4. The summed E-state index contributed by atoms with van der Waals surface area (Å²) in [5, 5.41) is 3.15. The van der Waals surface area contributed by atoms with Crippen LogP contribution < -0.4 is 5.32 Å². The van der Waals surface area contributed by atoms with Crippen molar-refractivity contribution in [1.82, 2.24) is 10.2 Å². The predicted octanol–water partition coefficient (Wildman–Crippen LogP) is 2.45. The maximum atomic E-state index is 12.5. The third-order valence-electron chi connectivity index (χ3n) is 3.83. The molecule has 1 saturated heterocycles. The fourth-order valence-corrected chi connectivity index (χ4v) is 2.65. The Balaban J connectivity index is 1.81. The average Bonchev–Trinajstić information content (AvgIpc) is 2.62. The molecule has 0 spiro atoms. The van der Waals surface area contributed by atoms with E-state index < -0.39 is 0 Å². The van der Waals surface area contributed by atoms with Crippen molar-refractivity contribution in [2.24, 2.45) is 0 Å². The first-order valence-electron chi connectivity index (χ1n) is 7.57. The minimum Gasteiger partial charge on any atom is -0.379 e. The van der Waals surface area contributed by atoms with Crippen molar-refractivity contribution in [3.63, 3.8) is 0 Å². The quantitative estimate of drug-likeness (QED) is 0.942. The smallest absolute Gasteiger partial charge is 0.252 e. The van der Waals surface area contributed by atoms with Crippen molar-refractivity contribution in [3.8, 4) is 0 Å². The highest BCUT2D eigenvalue weighted by Crippen LogP contribution is 2.19. The summed E-state index contributed by atoms with van der Waals surface area (Å²) < 4.78 is 5.42. The van der Waals surface area contributed by atoms with Gasteiger partial charge in [-0.25, -0.2) is 0 Å². The van der Waals surface area contributed by atoms with Gasteiger partial charge >= 0.3 is 0 Å². The van der Waals surface area contributed by atoms with Crippen molar-refractivity contribution >= 4 is 5.91 Å². The normalized spacial score (nSPS) is 16.9. The van der Waals surface area contributed by atoms with Crippen molar-refractivity contribution in [3.05, 3.63) is 71.8 Å². The Morgan fingerprint density at radius 1 is 0.955 bits per heavy atom. The lowest BCUT2D eigenvalue weighted by Gasteiger charge is -2.35. The number of ether oxygens (including phenoxy) is 1. The molecule has 2 aromatic rings. The summed E-state index contributed by atoms with van der Waals surface area (Å²) in [7, 11) is 0. The van der Waals surface area contributed by atoms with Gasteiger partial charge in [-0.1, -0.05) is 48.5 Å². The molecule has 1 unspecified atom stereocenters. The zero-order chi connectivity index (χ0) is 15.2. The standard InChI is InChI=1S/C18H20N2O2/c21-18(16-9-5-2-6-10-16)19-17(15-7-3-1-4-8-15)20-11-13-22-14-12-20/h1-10,17H,11-14H2,(H,19,21). The lowest BCUT2D eigenvalue weighted by Crippen LogP contribution is -2.46. The van der Waals surface area contributed by atoms with Gasteiger partial charge in [0.2, 0.25) is 0 Å². The summed E-state index contributed by atoms with van der Waals surface area (Å²) in [6, 6.07) is 19.4. The van der Waals surface area contributed by atoms with Crippen LogP contribution in [0.4, 0.5) is 0 Å². The topological polar surface area (TPSA) is 41.6 Å². The van der Waals surface area contributed by atoms with Crippen LogP contribution in [0.25, 0.3) is 0 Å². The molecule has 0 bridgehead atoms. The maximum absolute atomic E-state index is 12.5. The molecule has 1 atom stereocenters. The molecule has 1 aliphatic heterocycles. The third-order valence-corrected chi connectivity index (χ3v) is 3.83. The van der Waals surface area contributed by atoms with Gasteiger partial charge in [0, 0.05) is 18.7 Å². The van der Waals surface area contributed by atoms with Gasteiger partial charge in [-0.15, -0.1) is 0 Å². The number of nitrogens with one attached hydrogen (secondary N) is 1. The van der Waals surface area contributed by atoms with Gasteiger partial charge in [0.1, 0.15) is 6.17 Å². The van der Waals surface area contributed by atoms with E-state index in [2.05, 4.69) is 10.2 Å². The Hall–Kier alpha value is -2.17. The van der Waals surface area contributed by atoms with Crippen molar-refractivity contribution in [2.45, 2.75) is 6.17 Å². The van der Waals surface area contributed by atoms with Crippen LogP contribution in [0.3, 0.4) is 0 Å². The highest BCUT2D eigenvalue weighted by molar-refractivity contribution is 5.94. The summed E-state index contributed by atoms with van der Waals surface area (Å²) in [6.07, 6.45) is -0.127. The molecule has 0 aliphatic carbocycles. The molecule has 114 valence electrons. The molecule has 0 saturated carbocycles. The number of rotatable bonds is 4. The molecule has 1 N–H and O–H groups in total. The minimum atomic E-state index is -0.127. The lowest BCUT2D eigenvalue weighted by atomic mass is 10.1. The molecule has 2 aromatic carbocycles. The van der Waals surface area contributed by atoms with Crippen molar-refractivity contribution in [1.29, 1.82) is 0 Å². The van der Waals surface area contributed by atoms with Crippen LogP contribution in [0.5, 0.6) is 0 Å². The van der Waals surface area contributed by atoms with Crippen LogP contribution in [0, 0.1) is 0 Å². The molecule has 22 heavy (non-hydrogen) atoms. The Bertz CT molecular complexity index is 595. The number of carbonyl (C=O) groups excluding carboxylic acids is 1. The Morgan fingerprint density at radius 2 is 1.55 bits per heavy atom. The summed E-state index contributed by atoms with van der Waals surface area (Å²) in [5.74, 6) is -0.0547. The van der Waals surface area contributed by atoms with Gasteiger partial charge in [-0.3, -0.25) is 9.69 Å². The van der Waals surface area contributed by atoms with Gasteiger partial charge in [-0.2, -0.15) is 0 Å². The van der Waals surface area contributed by atoms with Crippen LogP contribution in [-0.4, -0.2) is 37.1 Å². The first-order chi connectivity index (χ1) is 10.8. The minimum absolute atomic E-state index is 0.0547. The van der Waals surface area contributed by atoms with Gasteiger partial charge in [0.15, 0.2) is 0 Å². The molecular formula is C18H20N2O2. The van der Waals surface area contributed by atoms with E-state index in [0.29, 0.717) is 18.8 Å². The Kier molecular flexibility index (Phi) is 4.83. The molecule has 1 amide bonds. The van der Waals surface area contributed by atoms with Crippen LogP contribution in [0.2, 0.25) is 0 Å². The highest BCUT2D eigenvalue weighted by Gasteiger charge is 2.24. The van der Waals surface area contributed by atoms with Crippen LogP contribution in [0.1, 0.15) is 22.1 Å². The summed E-state index contributed by atoms with van der Waals surface area (Å²) in [6.45, 7) is 3.03. The summed E-state index contributed by atoms with van der Waals surface area (Å²) >= 11 is 0. The fraction of sp³-hybridized carbons (Fsp3) is 0.278. The highest BCUT2D eigenvalue weighted by atomic mass is 16.5. The fourth-order valence-electron chi connectivity index (χ4n) is 2.65. The number of hydrogen-bond donors (Lipinski definition) is 1.